The molecule has 1 rings (SSSR count). The standard InChI is InChI=1S/C12H23NO2/c1-12(2,3)8-13-10-6-4-5-9(7-10)11(14)15/h9-10,13H,4-8H2,1-3H3,(H,14,15). The number of carbonyl (C=O) groups is 1. The molecule has 0 amide bonds. The summed E-state index contributed by atoms with van der Waals surface area (Å²) in [4.78, 5) is 10.9. The van der Waals surface area contributed by atoms with E-state index in [4.69, 9.17) is 5.11 Å². The van der Waals surface area contributed by atoms with Crippen LogP contribution in [0.2, 0.25) is 0 Å². The van der Waals surface area contributed by atoms with E-state index < -0.39 is 5.97 Å². The van der Waals surface area contributed by atoms with Crippen molar-refractivity contribution in [2.75, 3.05) is 6.54 Å². The number of hydrogen-bond donors (Lipinski definition) is 2. The average molecular weight is 213 g/mol. The number of nitrogens with one attached hydrogen (secondary N) is 1. The molecular weight excluding hydrogens is 190 g/mol. The highest BCUT2D eigenvalue weighted by Gasteiger charge is 2.27. The van der Waals surface area contributed by atoms with Gasteiger partial charge in [-0.15, -0.1) is 0 Å². The van der Waals surface area contributed by atoms with Gasteiger partial charge in [0.15, 0.2) is 0 Å². The Morgan fingerprint density at radius 1 is 1.40 bits per heavy atom. The van der Waals surface area contributed by atoms with Crippen LogP contribution in [0.3, 0.4) is 0 Å². The SMILES string of the molecule is CC(C)(C)CNC1CCCC(C(=O)O)C1. The summed E-state index contributed by atoms with van der Waals surface area (Å²) in [5.41, 5.74) is 0.274. The molecule has 0 spiro atoms. The van der Waals surface area contributed by atoms with E-state index in [-0.39, 0.29) is 11.3 Å². The lowest BCUT2D eigenvalue weighted by atomic mass is 9.85. The largest absolute Gasteiger partial charge is 0.481 e. The van der Waals surface area contributed by atoms with Gasteiger partial charge in [0.2, 0.25) is 0 Å². The summed E-state index contributed by atoms with van der Waals surface area (Å²) >= 11 is 0. The van der Waals surface area contributed by atoms with E-state index in [2.05, 4.69) is 26.1 Å². The summed E-state index contributed by atoms with van der Waals surface area (Å²) < 4.78 is 0. The van der Waals surface area contributed by atoms with Crippen LogP contribution in [0.1, 0.15) is 46.5 Å². The van der Waals surface area contributed by atoms with Gasteiger partial charge in [0, 0.05) is 12.6 Å². The van der Waals surface area contributed by atoms with Crippen molar-refractivity contribution in [2.45, 2.75) is 52.5 Å². The van der Waals surface area contributed by atoms with Gasteiger partial charge in [-0.3, -0.25) is 4.79 Å². The van der Waals surface area contributed by atoms with Crippen molar-refractivity contribution < 1.29 is 9.90 Å². The third kappa shape index (κ3) is 4.65. The number of carboxylic acid groups (broad SMARTS) is 1. The van der Waals surface area contributed by atoms with E-state index in [0.717, 1.165) is 32.2 Å². The second-order valence-corrected chi connectivity index (χ2v) is 5.84. The van der Waals surface area contributed by atoms with Crippen molar-refractivity contribution in [3.05, 3.63) is 0 Å². The lowest BCUT2D eigenvalue weighted by molar-refractivity contribution is -0.143. The van der Waals surface area contributed by atoms with Crippen molar-refractivity contribution in [1.29, 1.82) is 0 Å². The minimum atomic E-state index is -0.628. The third-order valence-corrected chi connectivity index (χ3v) is 2.94. The lowest BCUT2D eigenvalue weighted by Gasteiger charge is -2.30. The van der Waals surface area contributed by atoms with Crippen molar-refractivity contribution in [2.24, 2.45) is 11.3 Å². The van der Waals surface area contributed by atoms with Crippen LogP contribution in [0, 0.1) is 11.3 Å². The van der Waals surface area contributed by atoms with Gasteiger partial charge in [0.05, 0.1) is 5.92 Å². The molecule has 0 aromatic heterocycles. The van der Waals surface area contributed by atoms with Crippen LogP contribution < -0.4 is 5.32 Å². The fourth-order valence-corrected chi connectivity index (χ4v) is 2.05. The first-order chi connectivity index (χ1) is 6.88. The van der Waals surface area contributed by atoms with E-state index in [9.17, 15) is 4.79 Å². The molecule has 0 radical (unpaired) electrons. The molecule has 15 heavy (non-hydrogen) atoms. The average Bonchev–Trinajstić information content (AvgIpc) is 2.14. The zero-order valence-electron chi connectivity index (χ0n) is 10.0. The second-order valence-electron chi connectivity index (χ2n) is 5.84. The van der Waals surface area contributed by atoms with E-state index in [1.54, 1.807) is 0 Å². The Labute approximate surface area is 92.3 Å². The molecule has 2 N–H and O–H groups in total. The molecule has 0 aliphatic heterocycles. The van der Waals surface area contributed by atoms with Crippen molar-refractivity contribution >= 4 is 5.97 Å². The Morgan fingerprint density at radius 2 is 2.07 bits per heavy atom. The fourth-order valence-electron chi connectivity index (χ4n) is 2.05. The van der Waals surface area contributed by atoms with E-state index >= 15 is 0 Å². The van der Waals surface area contributed by atoms with Gasteiger partial charge >= 0.3 is 5.97 Å². The Kier molecular flexibility index (Phi) is 4.14. The predicted octanol–water partition coefficient (Wildman–Crippen LogP) is 2.27. The third-order valence-electron chi connectivity index (χ3n) is 2.94. The minimum absolute atomic E-state index is 0.129. The Hall–Kier alpha value is -0.570. The highest BCUT2D eigenvalue weighted by Crippen LogP contribution is 2.25. The molecule has 0 aromatic carbocycles. The molecule has 1 saturated carbocycles. The first-order valence-electron chi connectivity index (χ1n) is 5.85. The first-order valence-corrected chi connectivity index (χ1v) is 5.85. The minimum Gasteiger partial charge on any atom is -0.481 e. The van der Waals surface area contributed by atoms with Crippen molar-refractivity contribution in [3.8, 4) is 0 Å². The predicted molar refractivity (Wildman–Crippen MR) is 60.8 cm³/mol. The molecule has 3 nitrogen and oxygen atoms in total. The van der Waals surface area contributed by atoms with Gasteiger partial charge in [-0.1, -0.05) is 27.2 Å². The Bertz CT molecular complexity index is 220. The van der Waals surface area contributed by atoms with Gasteiger partial charge < -0.3 is 10.4 Å². The van der Waals surface area contributed by atoms with Crippen LogP contribution in [0.15, 0.2) is 0 Å². The summed E-state index contributed by atoms with van der Waals surface area (Å²) in [5.74, 6) is -0.756. The van der Waals surface area contributed by atoms with Crippen LogP contribution in [0.4, 0.5) is 0 Å². The van der Waals surface area contributed by atoms with Gasteiger partial charge in [0.25, 0.3) is 0 Å². The Morgan fingerprint density at radius 3 is 2.60 bits per heavy atom. The molecular formula is C12H23NO2. The zero-order valence-corrected chi connectivity index (χ0v) is 10.0. The normalized spacial score (nSPS) is 27.7. The van der Waals surface area contributed by atoms with Crippen LogP contribution >= 0.6 is 0 Å². The summed E-state index contributed by atoms with van der Waals surface area (Å²) in [5, 5.41) is 12.4. The molecule has 0 aromatic rings. The summed E-state index contributed by atoms with van der Waals surface area (Å²) in [6, 6.07) is 0.402. The highest BCUT2D eigenvalue weighted by atomic mass is 16.4. The Balaban J connectivity index is 2.34. The molecule has 2 atom stereocenters. The maximum atomic E-state index is 10.9. The van der Waals surface area contributed by atoms with Gasteiger partial charge in [0.1, 0.15) is 0 Å². The van der Waals surface area contributed by atoms with E-state index in [1.807, 2.05) is 0 Å². The second kappa shape index (κ2) is 4.97. The molecule has 1 aliphatic rings. The smallest absolute Gasteiger partial charge is 0.306 e. The molecule has 3 heteroatoms. The van der Waals surface area contributed by atoms with Crippen molar-refractivity contribution in [3.63, 3.8) is 0 Å². The fraction of sp³-hybridized carbons (Fsp3) is 0.917. The molecule has 0 saturated heterocycles. The number of rotatable bonds is 3. The van der Waals surface area contributed by atoms with Crippen molar-refractivity contribution in [1.82, 2.24) is 5.32 Å². The van der Waals surface area contributed by atoms with Crippen LogP contribution in [0.25, 0.3) is 0 Å². The topological polar surface area (TPSA) is 49.3 Å². The summed E-state index contributed by atoms with van der Waals surface area (Å²) in [7, 11) is 0. The number of carboxylic acids is 1. The molecule has 1 aliphatic carbocycles. The zero-order chi connectivity index (χ0) is 11.5. The molecule has 1 fully saturated rings. The van der Waals surface area contributed by atoms with Crippen LogP contribution in [-0.4, -0.2) is 23.7 Å². The first kappa shape index (κ1) is 12.5. The van der Waals surface area contributed by atoms with E-state index in [0.29, 0.717) is 6.04 Å². The maximum absolute atomic E-state index is 10.9. The lowest BCUT2D eigenvalue weighted by Crippen LogP contribution is -2.40. The molecule has 0 heterocycles. The number of hydrogen-bond acceptors (Lipinski definition) is 2. The van der Waals surface area contributed by atoms with Gasteiger partial charge in [-0.25, -0.2) is 0 Å². The van der Waals surface area contributed by atoms with Crippen LogP contribution in [0.5, 0.6) is 0 Å². The van der Waals surface area contributed by atoms with E-state index in [1.165, 1.54) is 0 Å². The molecule has 0 bridgehead atoms. The van der Waals surface area contributed by atoms with Gasteiger partial charge in [-0.05, 0) is 24.7 Å². The quantitative estimate of drug-likeness (QED) is 0.756. The molecule has 88 valence electrons. The molecule has 2 unspecified atom stereocenters. The van der Waals surface area contributed by atoms with Gasteiger partial charge in [-0.2, -0.15) is 0 Å². The maximum Gasteiger partial charge on any atom is 0.306 e. The summed E-state index contributed by atoms with van der Waals surface area (Å²) in [6.45, 7) is 7.54. The summed E-state index contributed by atoms with van der Waals surface area (Å²) in [6.07, 6.45) is 3.81. The van der Waals surface area contributed by atoms with Crippen LogP contribution in [-0.2, 0) is 4.79 Å². The number of aliphatic carboxylic acids is 1. The highest BCUT2D eigenvalue weighted by molar-refractivity contribution is 5.70. The monoisotopic (exact) mass is 213 g/mol.